The van der Waals surface area contributed by atoms with Crippen LogP contribution in [0.3, 0.4) is 0 Å². The molecule has 0 aliphatic heterocycles. The van der Waals surface area contributed by atoms with Crippen molar-refractivity contribution in [3.05, 3.63) is 0 Å². The van der Waals surface area contributed by atoms with E-state index >= 15 is 0 Å². The van der Waals surface area contributed by atoms with Gasteiger partial charge in [-0.15, -0.1) is 0 Å². The fraction of sp³-hybridized carbons (Fsp3) is 0. The summed E-state index contributed by atoms with van der Waals surface area (Å²) in [4.78, 5) is 24.5. The van der Waals surface area contributed by atoms with Crippen molar-refractivity contribution in [3.63, 3.8) is 0 Å². The molecule has 0 rings (SSSR count). The minimum atomic E-state index is -4.82. The predicted molar refractivity (Wildman–Crippen MR) is 28.0 cm³/mol. The van der Waals surface area contributed by atoms with Crippen molar-refractivity contribution in [1.29, 1.82) is 0 Å². The average Bonchev–Trinajstić information content (AvgIpc) is 1.31. The summed E-state index contributed by atoms with van der Waals surface area (Å²) in [6.07, 6.45) is 0. The Morgan fingerprint density at radius 1 is 1.50 bits per heavy atom. The number of carboxylic acid groups (broad SMARTS) is 1. The van der Waals surface area contributed by atoms with Gasteiger partial charge in [-0.2, -0.15) is 0 Å². The van der Waals surface area contributed by atoms with E-state index in [1.54, 1.807) is 0 Å². The molecule has 0 aromatic rings. The summed E-state index contributed by atoms with van der Waals surface area (Å²) in [7, 11) is -4.82. The summed E-state index contributed by atoms with van der Waals surface area (Å²) >= 11 is 0. The molecule has 7 heteroatoms. The zero-order valence-corrected chi connectivity index (χ0v) is 6.92. The third-order valence-electron chi connectivity index (χ3n) is 0.249. The Bertz CT molecular complexity index is 132. The average molecular weight is 168 g/mol. The topological polar surface area (TPSA) is 94.8 Å². The maximum Gasteiger partial charge on any atom is 2.00 e. The Morgan fingerprint density at radius 3 is 1.62 bits per heavy atom. The second-order valence-electron chi connectivity index (χ2n) is 0.827. The fourth-order valence-electron chi connectivity index (χ4n) is 0. The molecule has 0 aliphatic carbocycles. The molecule has 46 valence electrons. The normalized spacial score (nSPS) is 9.75. The van der Waals surface area contributed by atoms with Crippen LogP contribution in [0.4, 0.5) is 4.79 Å². The third kappa shape index (κ3) is 5.03. The van der Waals surface area contributed by atoms with Gasteiger partial charge in [-0.05, 0) is 0 Å². The van der Waals surface area contributed by atoms with Crippen molar-refractivity contribution in [2.24, 2.45) is 0 Å². The van der Waals surface area contributed by atoms with Crippen molar-refractivity contribution >= 4 is 51.0 Å². The SMILES string of the molecule is O=C(O)P(=O)(O)O.[Ca+2].[H-].[H-]. The quantitative estimate of drug-likeness (QED) is 0.368. The second kappa shape index (κ2) is 3.82. The Balaban J connectivity index is -0.0000000600. The molecule has 5 nitrogen and oxygen atoms in total. The Morgan fingerprint density at radius 2 is 1.62 bits per heavy atom. The summed E-state index contributed by atoms with van der Waals surface area (Å²) in [5.41, 5.74) is -2.09. The molecule has 0 amide bonds. The van der Waals surface area contributed by atoms with Crippen molar-refractivity contribution in [2.45, 2.75) is 0 Å². The van der Waals surface area contributed by atoms with Gasteiger partial charge in [0.05, 0.1) is 0 Å². The summed E-state index contributed by atoms with van der Waals surface area (Å²) in [6.45, 7) is 0. The number of hydrogen-bond donors (Lipinski definition) is 3. The van der Waals surface area contributed by atoms with E-state index in [-0.39, 0.29) is 40.6 Å². The molecule has 8 heavy (non-hydrogen) atoms. The van der Waals surface area contributed by atoms with E-state index in [1.807, 2.05) is 0 Å². The van der Waals surface area contributed by atoms with E-state index in [0.717, 1.165) is 0 Å². The van der Waals surface area contributed by atoms with Gasteiger partial charge in [0.25, 0.3) is 0 Å². The van der Waals surface area contributed by atoms with Crippen molar-refractivity contribution in [1.82, 2.24) is 0 Å². The number of hydrogen-bond acceptors (Lipinski definition) is 2. The molecule has 0 unspecified atom stereocenters. The standard InChI is InChI=1S/CH3O5P.Ca.2H/c2-1(3)7(4,5)6;;;/h(H,2,3)(H2,4,5,6);;;/q;+2;2*-1. The monoisotopic (exact) mass is 168 g/mol. The van der Waals surface area contributed by atoms with Crippen LogP contribution in [0.25, 0.3) is 0 Å². The molecular weight excluding hydrogens is 163 g/mol. The Labute approximate surface area is 77.8 Å². The second-order valence-corrected chi connectivity index (χ2v) is 2.30. The maximum atomic E-state index is 9.43. The van der Waals surface area contributed by atoms with Crippen LogP contribution in [0.2, 0.25) is 0 Å². The van der Waals surface area contributed by atoms with Gasteiger partial charge >= 0.3 is 51.0 Å². The maximum absolute atomic E-state index is 9.43. The summed E-state index contributed by atoms with van der Waals surface area (Å²) in [6, 6.07) is 0. The van der Waals surface area contributed by atoms with E-state index in [9.17, 15) is 9.36 Å². The largest absolute Gasteiger partial charge is 2.00 e. The molecule has 0 saturated heterocycles. The Kier molecular flexibility index (Phi) is 5.56. The summed E-state index contributed by atoms with van der Waals surface area (Å²) in [5, 5.41) is 7.49. The first kappa shape index (κ1) is 11.6. The van der Waals surface area contributed by atoms with Crippen LogP contribution in [-0.2, 0) is 4.57 Å². The van der Waals surface area contributed by atoms with Gasteiger partial charge in [-0.1, -0.05) is 0 Å². The summed E-state index contributed by atoms with van der Waals surface area (Å²) in [5.74, 6) is 0. The van der Waals surface area contributed by atoms with Crippen LogP contribution in [-0.4, -0.2) is 58.3 Å². The zero-order chi connectivity index (χ0) is 6.08. The van der Waals surface area contributed by atoms with Gasteiger partial charge in [0.15, 0.2) is 0 Å². The molecule has 0 fully saturated rings. The van der Waals surface area contributed by atoms with Gasteiger partial charge in [0.1, 0.15) is 0 Å². The molecule has 0 aromatic carbocycles. The molecule has 3 N–H and O–H groups in total. The van der Waals surface area contributed by atoms with Gasteiger partial charge in [0.2, 0.25) is 0 Å². The van der Waals surface area contributed by atoms with E-state index in [1.165, 1.54) is 0 Å². The molecular formula is CH5CaO5P. The molecule has 0 atom stereocenters. The van der Waals surface area contributed by atoms with E-state index in [4.69, 9.17) is 14.9 Å². The molecule has 0 aromatic heterocycles. The smallest absolute Gasteiger partial charge is 1.00 e. The van der Waals surface area contributed by atoms with E-state index in [2.05, 4.69) is 0 Å². The molecule has 0 heterocycles. The summed E-state index contributed by atoms with van der Waals surface area (Å²) < 4.78 is 9.43. The molecule has 0 saturated carbocycles. The van der Waals surface area contributed by atoms with Crippen LogP contribution in [0, 0.1) is 0 Å². The van der Waals surface area contributed by atoms with Gasteiger partial charge in [-0.25, -0.2) is 9.36 Å². The minimum Gasteiger partial charge on any atom is -1.00 e. The van der Waals surface area contributed by atoms with Gasteiger partial charge in [0, 0.05) is 0 Å². The van der Waals surface area contributed by atoms with Crippen LogP contribution in [0.5, 0.6) is 0 Å². The van der Waals surface area contributed by atoms with Crippen molar-refractivity contribution < 1.29 is 27.1 Å². The minimum absolute atomic E-state index is 0. The van der Waals surface area contributed by atoms with Crippen molar-refractivity contribution in [3.8, 4) is 0 Å². The Hall–Kier alpha value is 0.880. The molecule has 0 spiro atoms. The predicted octanol–water partition coefficient (Wildman–Crippen LogP) is -0.314. The number of rotatable bonds is 1. The molecule has 0 bridgehead atoms. The zero-order valence-electron chi connectivity index (χ0n) is 5.81. The van der Waals surface area contributed by atoms with Gasteiger partial charge in [-0.3, -0.25) is 0 Å². The number of carbonyl (C=O) groups is 1. The van der Waals surface area contributed by atoms with Crippen molar-refractivity contribution in [2.75, 3.05) is 0 Å². The van der Waals surface area contributed by atoms with Crippen LogP contribution >= 0.6 is 7.60 Å². The molecule has 0 radical (unpaired) electrons. The first-order valence-corrected chi connectivity index (χ1v) is 2.85. The first-order valence-electron chi connectivity index (χ1n) is 1.23. The third-order valence-corrected chi connectivity index (χ3v) is 0.748. The first-order chi connectivity index (χ1) is 2.94. The van der Waals surface area contributed by atoms with Crippen LogP contribution in [0.15, 0.2) is 0 Å². The van der Waals surface area contributed by atoms with Crippen LogP contribution in [0.1, 0.15) is 2.85 Å². The van der Waals surface area contributed by atoms with Crippen LogP contribution < -0.4 is 0 Å². The van der Waals surface area contributed by atoms with E-state index < -0.39 is 13.3 Å². The molecule has 0 aliphatic rings. The fourth-order valence-corrected chi connectivity index (χ4v) is 0. The van der Waals surface area contributed by atoms with Gasteiger partial charge < -0.3 is 17.7 Å². The van der Waals surface area contributed by atoms with E-state index in [0.29, 0.717) is 0 Å².